The van der Waals surface area contributed by atoms with Gasteiger partial charge in [-0.1, -0.05) is 32.9 Å². The number of hydrogen-bond acceptors (Lipinski definition) is 7. The topological polar surface area (TPSA) is 127 Å². The van der Waals surface area contributed by atoms with Gasteiger partial charge in [-0.3, -0.25) is 4.79 Å². The molecule has 0 fully saturated rings. The average molecular weight is 599 g/mol. The second kappa shape index (κ2) is 13.3. The summed E-state index contributed by atoms with van der Waals surface area (Å²) in [5, 5.41) is 16.7. The number of nitrogens with one attached hydrogen (secondary N) is 2. The predicted molar refractivity (Wildman–Crippen MR) is 170 cm³/mol. The normalized spacial score (nSPS) is 18.3. The van der Waals surface area contributed by atoms with E-state index in [1.165, 1.54) is 18.2 Å². The maximum atomic E-state index is 13.2. The Balaban J connectivity index is 1.35. The van der Waals surface area contributed by atoms with Crippen LogP contribution in [-0.2, 0) is 14.3 Å². The molecule has 5 rings (SSSR count). The van der Waals surface area contributed by atoms with Gasteiger partial charge in [-0.15, -0.1) is 0 Å². The molecule has 1 aliphatic heterocycles. The van der Waals surface area contributed by atoms with Gasteiger partial charge in [0.1, 0.15) is 17.1 Å². The first-order valence-electron chi connectivity index (χ1n) is 15.1. The second-order valence-electron chi connectivity index (χ2n) is 11.1. The van der Waals surface area contributed by atoms with Gasteiger partial charge >= 0.3 is 12.0 Å². The number of fused-ring (bicyclic) bond motifs is 2. The Morgan fingerprint density at radius 3 is 2.48 bits per heavy atom. The third kappa shape index (κ3) is 6.63. The Hall–Kier alpha value is -4.63. The fourth-order valence-corrected chi connectivity index (χ4v) is 5.72. The number of benzene rings is 3. The minimum atomic E-state index is -0.395. The van der Waals surface area contributed by atoms with Crippen molar-refractivity contribution in [1.82, 2.24) is 5.32 Å². The molecule has 0 saturated carbocycles. The molecule has 3 atom stereocenters. The number of carbonyl (C=O) groups excluding carboxylic acids is 2. The van der Waals surface area contributed by atoms with Gasteiger partial charge in [-0.2, -0.15) is 0 Å². The number of urea groups is 1. The SMILES string of the molecule is CCOC(=O)C1=C[C@@H](OC(CC)CC)[C@H](C)[C@@H](NC(=O)Nc2ccc(-c3c4ccc(=O)cc-4oc4cc(O)ccc34)cc2)C1. The molecule has 0 radical (unpaired) electrons. The van der Waals surface area contributed by atoms with Crippen molar-refractivity contribution >= 4 is 28.7 Å². The van der Waals surface area contributed by atoms with Crippen LogP contribution < -0.4 is 16.1 Å². The largest absolute Gasteiger partial charge is 0.508 e. The number of aromatic hydroxyl groups is 1. The molecule has 3 aliphatic rings. The van der Waals surface area contributed by atoms with E-state index in [9.17, 15) is 19.5 Å². The van der Waals surface area contributed by atoms with E-state index in [0.29, 0.717) is 29.0 Å². The molecule has 44 heavy (non-hydrogen) atoms. The lowest BCUT2D eigenvalue weighted by atomic mass is 9.83. The molecule has 2 aromatic rings. The van der Waals surface area contributed by atoms with E-state index in [1.54, 1.807) is 37.3 Å². The van der Waals surface area contributed by atoms with Crippen molar-refractivity contribution in [2.75, 3.05) is 11.9 Å². The Kier molecular flexibility index (Phi) is 9.35. The summed E-state index contributed by atoms with van der Waals surface area (Å²) in [6.45, 7) is 8.18. The molecular weight excluding hydrogens is 560 g/mol. The number of ether oxygens (including phenoxy) is 2. The monoisotopic (exact) mass is 598 g/mol. The number of anilines is 1. The summed E-state index contributed by atoms with van der Waals surface area (Å²) in [7, 11) is 0. The lowest BCUT2D eigenvalue weighted by Crippen LogP contribution is -2.49. The summed E-state index contributed by atoms with van der Waals surface area (Å²) in [6, 6.07) is 16.2. The molecule has 0 aromatic heterocycles. The number of amides is 2. The van der Waals surface area contributed by atoms with Crippen LogP contribution in [-0.4, -0.2) is 42.0 Å². The highest BCUT2D eigenvalue weighted by atomic mass is 16.5. The van der Waals surface area contributed by atoms with Crippen LogP contribution >= 0.6 is 0 Å². The highest BCUT2D eigenvalue weighted by Crippen LogP contribution is 2.41. The Bertz CT molecular complexity index is 1700. The minimum Gasteiger partial charge on any atom is -0.508 e. The lowest BCUT2D eigenvalue weighted by molar-refractivity contribution is -0.139. The molecule has 0 bridgehead atoms. The molecule has 230 valence electrons. The Morgan fingerprint density at radius 1 is 1.02 bits per heavy atom. The molecule has 0 unspecified atom stereocenters. The van der Waals surface area contributed by atoms with Crippen LogP contribution in [0.1, 0.15) is 47.0 Å². The first-order chi connectivity index (χ1) is 21.2. The average Bonchev–Trinajstić information content (AvgIpc) is 3.00. The molecule has 2 aromatic carbocycles. The smallest absolute Gasteiger partial charge is 0.333 e. The summed E-state index contributed by atoms with van der Waals surface area (Å²) in [4.78, 5) is 37.8. The van der Waals surface area contributed by atoms with Gasteiger partial charge in [-0.25, -0.2) is 9.59 Å². The molecule has 0 spiro atoms. The molecule has 3 N–H and O–H groups in total. The van der Waals surface area contributed by atoms with Crippen LogP contribution in [0, 0.1) is 5.92 Å². The number of carbonyl (C=O) groups is 2. The predicted octanol–water partition coefficient (Wildman–Crippen LogP) is 6.86. The molecule has 9 heteroatoms. The van der Waals surface area contributed by atoms with Gasteiger partial charge in [0.2, 0.25) is 0 Å². The van der Waals surface area contributed by atoms with Gasteiger partial charge in [-0.05, 0) is 74.2 Å². The summed E-state index contributed by atoms with van der Waals surface area (Å²) in [5.74, 6) is 0.00860. The standard InChI is InChI=1S/C35H38N2O7/c1-5-26(6-2)43-30-17-22(34(40)42-7-3)16-29(20(30)4)37-35(41)36-23-10-8-21(9-11-23)33-27-14-12-24(38)18-31(27)44-32-19-25(39)13-15-28(32)33/h8-15,17-20,26,29-30,38H,5-7,16H2,1-4H3,(H2,36,37,41)/t20-,29+,30-/m1/s1. The van der Waals surface area contributed by atoms with E-state index in [2.05, 4.69) is 24.5 Å². The minimum absolute atomic E-state index is 0.0498. The van der Waals surface area contributed by atoms with Gasteiger partial charge in [0.15, 0.2) is 5.43 Å². The van der Waals surface area contributed by atoms with Gasteiger partial charge in [0, 0.05) is 51.9 Å². The van der Waals surface area contributed by atoms with E-state index in [4.69, 9.17) is 13.9 Å². The van der Waals surface area contributed by atoms with Crippen LogP contribution in [0.5, 0.6) is 5.75 Å². The van der Waals surface area contributed by atoms with E-state index in [0.717, 1.165) is 34.9 Å². The molecule has 2 amide bonds. The zero-order valence-electron chi connectivity index (χ0n) is 25.4. The number of esters is 1. The van der Waals surface area contributed by atoms with E-state index >= 15 is 0 Å². The quantitative estimate of drug-likeness (QED) is 0.142. The molecule has 1 heterocycles. The summed E-state index contributed by atoms with van der Waals surface area (Å²) >= 11 is 0. The fourth-order valence-electron chi connectivity index (χ4n) is 5.72. The first-order valence-corrected chi connectivity index (χ1v) is 15.1. The Labute approximate surface area is 256 Å². The van der Waals surface area contributed by atoms with Crippen molar-refractivity contribution < 1.29 is 28.6 Å². The van der Waals surface area contributed by atoms with Crippen LogP contribution in [0.25, 0.3) is 33.4 Å². The van der Waals surface area contributed by atoms with Crippen molar-refractivity contribution in [3.05, 3.63) is 82.5 Å². The number of phenolic OH excluding ortho intramolecular Hbond substituents is 1. The maximum absolute atomic E-state index is 13.2. The van der Waals surface area contributed by atoms with Crippen molar-refractivity contribution in [2.45, 2.75) is 65.2 Å². The Morgan fingerprint density at radius 2 is 1.77 bits per heavy atom. The third-order valence-electron chi connectivity index (χ3n) is 8.18. The number of rotatable bonds is 9. The highest BCUT2D eigenvalue weighted by molar-refractivity contribution is 6.02. The van der Waals surface area contributed by atoms with Crippen molar-refractivity contribution in [3.8, 4) is 28.2 Å². The van der Waals surface area contributed by atoms with Crippen molar-refractivity contribution in [1.29, 1.82) is 0 Å². The zero-order valence-corrected chi connectivity index (χ0v) is 25.4. The van der Waals surface area contributed by atoms with E-state index in [-0.39, 0.29) is 42.0 Å². The first kappa shape index (κ1) is 30.8. The van der Waals surface area contributed by atoms with Gasteiger partial charge < -0.3 is 29.6 Å². The van der Waals surface area contributed by atoms with Gasteiger partial charge in [0.05, 0.1) is 18.8 Å². The summed E-state index contributed by atoms with van der Waals surface area (Å²) in [5.41, 5.74) is 3.79. The number of phenols is 1. The zero-order chi connectivity index (χ0) is 31.4. The molecule has 9 nitrogen and oxygen atoms in total. The second-order valence-corrected chi connectivity index (χ2v) is 11.1. The fraction of sp³-hybridized carbons (Fsp3) is 0.343. The molecular formula is C35H38N2O7. The summed E-state index contributed by atoms with van der Waals surface area (Å²) in [6.07, 6.45) is 3.60. The third-order valence-corrected chi connectivity index (χ3v) is 8.18. The van der Waals surface area contributed by atoms with Crippen LogP contribution in [0.4, 0.5) is 10.5 Å². The maximum Gasteiger partial charge on any atom is 0.333 e. The van der Waals surface area contributed by atoms with Crippen LogP contribution in [0.2, 0.25) is 0 Å². The number of hydrogen-bond donors (Lipinski definition) is 3. The van der Waals surface area contributed by atoms with Crippen molar-refractivity contribution in [2.24, 2.45) is 5.92 Å². The van der Waals surface area contributed by atoms with Crippen LogP contribution in [0.3, 0.4) is 0 Å². The summed E-state index contributed by atoms with van der Waals surface area (Å²) < 4.78 is 17.5. The lowest BCUT2D eigenvalue weighted by Gasteiger charge is -2.36. The van der Waals surface area contributed by atoms with E-state index in [1.807, 2.05) is 25.1 Å². The van der Waals surface area contributed by atoms with Crippen molar-refractivity contribution in [3.63, 3.8) is 0 Å². The van der Waals surface area contributed by atoms with E-state index < -0.39 is 12.0 Å². The molecule has 0 saturated heterocycles. The van der Waals surface area contributed by atoms with Gasteiger partial charge in [0.25, 0.3) is 0 Å². The highest BCUT2D eigenvalue weighted by Gasteiger charge is 2.35. The molecule has 2 aliphatic carbocycles. The van der Waals surface area contributed by atoms with Crippen LogP contribution in [0.15, 0.2) is 81.5 Å².